The Morgan fingerprint density at radius 3 is 2.42 bits per heavy atom. The minimum atomic E-state index is -3.95. The maximum absolute atomic E-state index is 13.5. The first-order valence-corrected chi connectivity index (χ1v) is 9.75. The van der Waals surface area contributed by atoms with Crippen LogP contribution >= 0.6 is 11.6 Å². The molecule has 0 aliphatic heterocycles. The van der Waals surface area contributed by atoms with Gasteiger partial charge < -0.3 is 5.32 Å². The lowest BCUT2D eigenvalue weighted by atomic mass is 10.2. The molecule has 2 aromatic rings. The molecule has 0 heterocycles. The average molecular weight is 403 g/mol. The van der Waals surface area contributed by atoms with Gasteiger partial charge in [0, 0.05) is 16.8 Å². The fraction of sp³-hybridized carbons (Fsp3) is 0.235. The number of rotatable bonds is 5. The maximum Gasteiger partial charge on any atom is 0.248 e. The molecule has 1 N–H and O–H groups in total. The molecule has 0 saturated carbocycles. The first-order valence-electron chi connectivity index (χ1n) is 7.53. The zero-order valence-corrected chi connectivity index (χ0v) is 15.8. The van der Waals surface area contributed by atoms with Crippen molar-refractivity contribution < 1.29 is 22.0 Å². The van der Waals surface area contributed by atoms with Crippen LogP contribution in [0.15, 0.2) is 36.4 Å². The number of halogens is 3. The summed E-state index contributed by atoms with van der Waals surface area (Å²) in [6.07, 6.45) is 0.878. The van der Waals surface area contributed by atoms with Gasteiger partial charge in [0.15, 0.2) is 11.6 Å². The van der Waals surface area contributed by atoms with Gasteiger partial charge >= 0.3 is 0 Å². The summed E-state index contributed by atoms with van der Waals surface area (Å²) in [5, 5.41) is 3.04. The Morgan fingerprint density at radius 2 is 1.85 bits per heavy atom. The summed E-state index contributed by atoms with van der Waals surface area (Å²) in [6.45, 7) is 3.05. The van der Waals surface area contributed by atoms with Crippen molar-refractivity contribution >= 4 is 38.9 Å². The predicted octanol–water partition coefficient (Wildman–Crippen LogP) is 3.72. The summed E-state index contributed by atoms with van der Waals surface area (Å²) < 4.78 is 51.7. The summed E-state index contributed by atoms with van der Waals surface area (Å²) in [7, 11) is -3.95. The molecule has 2 rings (SSSR count). The van der Waals surface area contributed by atoms with Crippen molar-refractivity contribution in [3.8, 4) is 0 Å². The van der Waals surface area contributed by atoms with Crippen LogP contribution in [0.3, 0.4) is 0 Å². The second-order valence-electron chi connectivity index (χ2n) is 5.73. The summed E-state index contributed by atoms with van der Waals surface area (Å²) in [5.41, 5.74) is 0.887. The molecule has 0 spiro atoms. The Bertz CT molecular complexity index is 951. The number of anilines is 2. The van der Waals surface area contributed by atoms with Crippen LogP contribution < -0.4 is 9.62 Å². The van der Waals surface area contributed by atoms with Gasteiger partial charge in [-0.15, -0.1) is 0 Å². The molecule has 0 aromatic heterocycles. The summed E-state index contributed by atoms with van der Waals surface area (Å²) in [4.78, 5) is 12.6. The standard InChI is InChI=1S/C17H17ClF2N2O3S/c1-10-13(18)5-4-6-16(10)21-17(23)11(2)22(26(3,24)25)12-7-8-14(19)15(20)9-12/h4-9,11H,1-3H3,(H,21,23). The van der Waals surface area contributed by atoms with Crippen molar-refractivity contribution in [2.24, 2.45) is 0 Å². The summed E-state index contributed by atoms with van der Waals surface area (Å²) >= 11 is 6.01. The molecular weight excluding hydrogens is 386 g/mol. The number of nitrogens with zero attached hydrogens (tertiary/aromatic N) is 1. The van der Waals surface area contributed by atoms with E-state index in [2.05, 4.69) is 5.32 Å². The van der Waals surface area contributed by atoms with Crippen LogP contribution in [0.2, 0.25) is 5.02 Å². The van der Waals surface area contributed by atoms with Crippen LogP contribution in [0.4, 0.5) is 20.2 Å². The Hall–Kier alpha value is -2.19. The highest BCUT2D eigenvalue weighted by molar-refractivity contribution is 7.92. The van der Waals surface area contributed by atoms with Crippen molar-refractivity contribution in [3.63, 3.8) is 0 Å². The van der Waals surface area contributed by atoms with Gasteiger partial charge in [-0.1, -0.05) is 17.7 Å². The molecule has 0 bridgehead atoms. The summed E-state index contributed by atoms with van der Waals surface area (Å²) in [5.74, 6) is -2.98. The van der Waals surface area contributed by atoms with E-state index in [1.165, 1.54) is 6.92 Å². The number of nitrogens with one attached hydrogen (secondary N) is 1. The predicted molar refractivity (Wildman–Crippen MR) is 98.0 cm³/mol. The highest BCUT2D eigenvalue weighted by atomic mass is 35.5. The van der Waals surface area contributed by atoms with Crippen molar-refractivity contribution in [3.05, 3.63) is 58.6 Å². The molecule has 0 aliphatic carbocycles. The Balaban J connectivity index is 2.37. The molecule has 0 fully saturated rings. The van der Waals surface area contributed by atoms with Crippen LogP contribution in [0, 0.1) is 18.6 Å². The van der Waals surface area contributed by atoms with Gasteiger partial charge in [-0.2, -0.15) is 0 Å². The topological polar surface area (TPSA) is 66.5 Å². The molecule has 2 aromatic carbocycles. The van der Waals surface area contributed by atoms with Crippen molar-refractivity contribution in [2.45, 2.75) is 19.9 Å². The van der Waals surface area contributed by atoms with Crippen LogP contribution in [0.1, 0.15) is 12.5 Å². The molecular formula is C17H17ClF2N2O3S. The van der Waals surface area contributed by atoms with E-state index in [0.29, 0.717) is 16.3 Å². The molecule has 140 valence electrons. The van der Waals surface area contributed by atoms with Gasteiger partial charge in [-0.25, -0.2) is 17.2 Å². The third kappa shape index (κ3) is 4.31. The first-order chi connectivity index (χ1) is 12.0. The zero-order chi connectivity index (χ0) is 19.6. The van der Waals surface area contributed by atoms with E-state index < -0.39 is 33.6 Å². The maximum atomic E-state index is 13.5. The van der Waals surface area contributed by atoms with Gasteiger partial charge in [-0.05, 0) is 43.7 Å². The minimum absolute atomic E-state index is 0.156. The molecule has 0 aliphatic rings. The quantitative estimate of drug-likeness (QED) is 0.828. The SMILES string of the molecule is Cc1c(Cl)cccc1NC(=O)C(C)N(c1ccc(F)c(F)c1)S(C)(=O)=O. The van der Waals surface area contributed by atoms with Crippen molar-refractivity contribution in [1.82, 2.24) is 0 Å². The van der Waals surface area contributed by atoms with Gasteiger partial charge in [0.1, 0.15) is 6.04 Å². The lowest BCUT2D eigenvalue weighted by molar-refractivity contribution is -0.116. The van der Waals surface area contributed by atoms with E-state index in [9.17, 15) is 22.0 Å². The molecule has 0 saturated heterocycles. The van der Waals surface area contributed by atoms with E-state index in [1.807, 2.05) is 0 Å². The van der Waals surface area contributed by atoms with Gasteiger partial charge in [0.25, 0.3) is 0 Å². The monoisotopic (exact) mass is 402 g/mol. The number of amides is 1. The van der Waals surface area contributed by atoms with Crippen molar-refractivity contribution in [2.75, 3.05) is 15.9 Å². The molecule has 26 heavy (non-hydrogen) atoms. The highest BCUT2D eigenvalue weighted by Crippen LogP contribution is 2.26. The van der Waals surface area contributed by atoms with Crippen LogP contribution in [-0.4, -0.2) is 26.6 Å². The molecule has 5 nitrogen and oxygen atoms in total. The second kappa shape index (κ2) is 7.59. The number of hydrogen-bond donors (Lipinski definition) is 1. The zero-order valence-electron chi connectivity index (χ0n) is 14.3. The van der Waals surface area contributed by atoms with Gasteiger partial charge in [0.05, 0.1) is 11.9 Å². The number of carbonyl (C=O) groups is 1. The second-order valence-corrected chi connectivity index (χ2v) is 8.00. The van der Waals surface area contributed by atoms with Gasteiger partial charge in [-0.3, -0.25) is 9.10 Å². The fourth-order valence-electron chi connectivity index (χ4n) is 2.41. The molecule has 0 radical (unpaired) electrons. The average Bonchev–Trinajstić information content (AvgIpc) is 2.54. The normalized spacial score (nSPS) is 12.5. The van der Waals surface area contributed by atoms with Crippen molar-refractivity contribution in [1.29, 1.82) is 0 Å². The Kier molecular flexibility index (Phi) is 5.87. The molecule has 1 amide bonds. The lowest BCUT2D eigenvalue weighted by Crippen LogP contribution is -2.45. The lowest BCUT2D eigenvalue weighted by Gasteiger charge is -2.28. The van der Waals surface area contributed by atoms with E-state index >= 15 is 0 Å². The number of benzene rings is 2. The van der Waals surface area contributed by atoms with Crippen LogP contribution in [0.25, 0.3) is 0 Å². The third-order valence-corrected chi connectivity index (χ3v) is 5.42. The minimum Gasteiger partial charge on any atom is -0.324 e. The smallest absolute Gasteiger partial charge is 0.248 e. The number of carbonyl (C=O) groups excluding carboxylic acids is 1. The first kappa shape index (κ1) is 20.1. The van der Waals surface area contributed by atoms with E-state index in [-0.39, 0.29) is 5.69 Å². The molecule has 9 heteroatoms. The van der Waals surface area contributed by atoms with E-state index in [0.717, 1.165) is 28.8 Å². The van der Waals surface area contributed by atoms with E-state index in [1.54, 1.807) is 25.1 Å². The van der Waals surface area contributed by atoms with Gasteiger partial charge in [0.2, 0.25) is 15.9 Å². The van der Waals surface area contributed by atoms with E-state index in [4.69, 9.17) is 11.6 Å². The molecule has 1 unspecified atom stereocenters. The highest BCUT2D eigenvalue weighted by Gasteiger charge is 2.30. The third-order valence-electron chi connectivity index (χ3n) is 3.77. The largest absolute Gasteiger partial charge is 0.324 e. The molecule has 1 atom stereocenters. The number of hydrogen-bond acceptors (Lipinski definition) is 3. The summed E-state index contributed by atoms with van der Waals surface area (Å²) in [6, 6.07) is 6.31. The Morgan fingerprint density at radius 1 is 1.19 bits per heavy atom. The number of sulfonamides is 1. The fourth-order valence-corrected chi connectivity index (χ4v) is 3.75. The van der Waals surface area contributed by atoms with Crippen LogP contribution in [0.5, 0.6) is 0 Å². The van der Waals surface area contributed by atoms with Crippen LogP contribution in [-0.2, 0) is 14.8 Å². The Labute approximate surface area is 155 Å².